The Hall–Kier alpha value is -3.47. The summed E-state index contributed by atoms with van der Waals surface area (Å²) in [5.74, 6) is 1.30. The summed E-state index contributed by atoms with van der Waals surface area (Å²) >= 11 is 0. The van der Waals surface area contributed by atoms with E-state index in [2.05, 4.69) is 57.6 Å². The number of para-hydroxylation sites is 1. The number of nitrogens with zero attached hydrogens (tertiary/aromatic N) is 3. The van der Waals surface area contributed by atoms with Crippen LogP contribution in [0.15, 0.2) is 60.8 Å². The number of rotatable bonds is 4. The van der Waals surface area contributed by atoms with E-state index in [0.717, 1.165) is 39.4 Å². The van der Waals surface area contributed by atoms with Gasteiger partial charge in [0.05, 0.1) is 11.2 Å². The lowest BCUT2D eigenvalue weighted by molar-refractivity contribution is 1.10. The average Bonchev–Trinajstić information content (AvgIpc) is 2.64. The van der Waals surface area contributed by atoms with Gasteiger partial charge in [0.25, 0.3) is 0 Å². The molecule has 2 heterocycles. The van der Waals surface area contributed by atoms with Crippen molar-refractivity contribution in [2.24, 2.45) is 0 Å². The molecule has 0 bridgehead atoms. The minimum absolute atomic E-state index is 0.567. The molecule has 0 aliphatic carbocycles. The van der Waals surface area contributed by atoms with E-state index in [1.807, 2.05) is 43.3 Å². The predicted molar refractivity (Wildman–Crippen MR) is 111 cm³/mol. The topological polar surface area (TPSA) is 62.7 Å². The fraction of sp³-hybridized carbons (Fsp3) is 0.136. The number of hydrogen-bond donors (Lipinski definition) is 2. The third-order valence-corrected chi connectivity index (χ3v) is 4.38. The summed E-state index contributed by atoms with van der Waals surface area (Å²) in [5, 5.41) is 7.79. The van der Waals surface area contributed by atoms with E-state index in [4.69, 9.17) is 0 Å². The van der Waals surface area contributed by atoms with Gasteiger partial charge in [0, 0.05) is 29.0 Å². The molecule has 2 aromatic heterocycles. The van der Waals surface area contributed by atoms with Crippen molar-refractivity contribution < 1.29 is 0 Å². The van der Waals surface area contributed by atoms with Crippen LogP contribution >= 0.6 is 0 Å². The lowest BCUT2D eigenvalue weighted by Gasteiger charge is -2.12. The number of benzene rings is 2. The normalized spacial score (nSPS) is 10.8. The molecule has 27 heavy (non-hydrogen) atoms. The Morgan fingerprint density at radius 1 is 0.778 bits per heavy atom. The molecule has 2 N–H and O–H groups in total. The van der Waals surface area contributed by atoms with Crippen LogP contribution in [0.3, 0.4) is 0 Å². The van der Waals surface area contributed by atoms with Gasteiger partial charge in [-0.2, -0.15) is 4.98 Å². The Labute approximate surface area is 158 Å². The van der Waals surface area contributed by atoms with Crippen LogP contribution in [-0.4, -0.2) is 15.0 Å². The summed E-state index contributed by atoms with van der Waals surface area (Å²) in [7, 11) is 0. The first kappa shape index (κ1) is 17.0. The number of hydrogen-bond acceptors (Lipinski definition) is 5. The van der Waals surface area contributed by atoms with E-state index in [1.54, 1.807) is 6.20 Å². The average molecular weight is 355 g/mol. The Morgan fingerprint density at radius 3 is 2.48 bits per heavy atom. The zero-order valence-electron chi connectivity index (χ0n) is 15.6. The first-order valence-electron chi connectivity index (χ1n) is 8.89. The number of nitrogens with one attached hydrogen (secondary N) is 2. The number of pyridine rings is 1. The second-order valence-corrected chi connectivity index (χ2v) is 6.67. The van der Waals surface area contributed by atoms with Crippen molar-refractivity contribution in [1.29, 1.82) is 0 Å². The molecule has 0 saturated carbocycles. The highest BCUT2D eigenvalue weighted by Crippen LogP contribution is 2.25. The van der Waals surface area contributed by atoms with E-state index in [-0.39, 0.29) is 0 Å². The third kappa shape index (κ3) is 3.72. The summed E-state index contributed by atoms with van der Waals surface area (Å²) < 4.78 is 0. The molecule has 4 rings (SSSR count). The summed E-state index contributed by atoms with van der Waals surface area (Å²) in [4.78, 5) is 13.6. The van der Waals surface area contributed by atoms with Gasteiger partial charge in [-0.15, -0.1) is 0 Å². The smallest absolute Gasteiger partial charge is 0.229 e. The highest BCUT2D eigenvalue weighted by molar-refractivity contribution is 5.91. The van der Waals surface area contributed by atoms with Crippen molar-refractivity contribution in [1.82, 2.24) is 15.0 Å². The molecule has 5 nitrogen and oxygen atoms in total. The Bertz CT molecular complexity index is 1120. The maximum absolute atomic E-state index is 4.63. The molecule has 0 saturated heterocycles. The van der Waals surface area contributed by atoms with Crippen molar-refractivity contribution >= 4 is 34.0 Å². The Morgan fingerprint density at radius 2 is 1.63 bits per heavy atom. The van der Waals surface area contributed by atoms with E-state index in [9.17, 15) is 0 Å². The van der Waals surface area contributed by atoms with Gasteiger partial charge in [0.2, 0.25) is 5.95 Å². The predicted octanol–water partition coefficient (Wildman–Crippen LogP) is 5.44. The molecule has 0 spiro atoms. The Kier molecular flexibility index (Phi) is 4.42. The van der Waals surface area contributed by atoms with Crippen molar-refractivity contribution in [3.63, 3.8) is 0 Å². The van der Waals surface area contributed by atoms with Crippen molar-refractivity contribution in [2.75, 3.05) is 10.6 Å². The van der Waals surface area contributed by atoms with Crippen LogP contribution in [0.5, 0.6) is 0 Å². The third-order valence-electron chi connectivity index (χ3n) is 4.38. The summed E-state index contributed by atoms with van der Waals surface area (Å²) in [6, 6.07) is 18.2. The standard InChI is InChI=1S/C22H21N5/c1-14-9-10-18(15(2)12-14)26-22-24-16(3)13-20(27-22)25-19-8-4-6-17-7-5-11-23-21(17)19/h4-13H,1-3H3,(H2,24,25,26,27). The molecule has 0 radical (unpaired) electrons. The van der Waals surface area contributed by atoms with Crippen molar-refractivity contribution in [2.45, 2.75) is 20.8 Å². The zero-order valence-corrected chi connectivity index (χ0v) is 15.6. The molecular weight excluding hydrogens is 334 g/mol. The van der Waals surface area contributed by atoms with Crippen LogP contribution in [-0.2, 0) is 0 Å². The molecule has 2 aromatic carbocycles. The van der Waals surface area contributed by atoms with Gasteiger partial charge in [0.1, 0.15) is 5.82 Å². The van der Waals surface area contributed by atoms with Gasteiger partial charge in [-0.25, -0.2) is 4.98 Å². The number of aryl methyl sites for hydroxylation is 3. The van der Waals surface area contributed by atoms with Gasteiger partial charge in [0.15, 0.2) is 0 Å². The van der Waals surface area contributed by atoms with Gasteiger partial charge in [-0.05, 0) is 44.5 Å². The van der Waals surface area contributed by atoms with Crippen LogP contribution < -0.4 is 10.6 Å². The van der Waals surface area contributed by atoms with Crippen LogP contribution in [0.2, 0.25) is 0 Å². The van der Waals surface area contributed by atoms with Crippen molar-refractivity contribution in [3.8, 4) is 0 Å². The van der Waals surface area contributed by atoms with E-state index in [1.165, 1.54) is 5.56 Å². The largest absolute Gasteiger partial charge is 0.338 e. The molecule has 134 valence electrons. The van der Waals surface area contributed by atoms with Gasteiger partial charge in [-0.3, -0.25) is 4.98 Å². The summed E-state index contributed by atoms with van der Waals surface area (Å²) in [5.41, 5.74) is 6.11. The number of aromatic nitrogens is 3. The van der Waals surface area contributed by atoms with Crippen molar-refractivity contribution in [3.05, 3.63) is 77.6 Å². The molecule has 0 amide bonds. The molecule has 0 aliphatic heterocycles. The second kappa shape index (κ2) is 7.03. The Balaban J connectivity index is 1.66. The van der Waals surface area contributed by atoms with Gasteiger partial charge in [-0.1, -0.05) is 35.9 Å². The first-order chi connectivity index (χ1) is 13.1. The lowest BCUT2D eigenvalue weighted by Crippen LogP contribution is -2.03. The summed E-state index contributed by atoms with van der Waals surface area (Å²) in [6.07, 6.45) is 1.80. The minimum atomic E-state index is 0.567. The second-order valence-electron chi connectivity index (χ2n) is 6.67. The molecule has 5 heteroatoms. The van der Waals surface area contributed by atoms with Gasteiger partial charge >= 0.3 is 0 Å². The quantitative estimate of drug-likeness (QED) is 0.510. The molecule has 0 atom stereocenters. The molecule has 0 fully saturated rings. The highest BCUT2D eigenvalue weighted by atomic mass is 15.1. The SMILES string of the molecule is Cc1ccc(Nc2nc(C)cc(Nc3cccc4cccnc34)n2)c(C)c1. The van der Waals surface area contributed by atoms with Crippen LogP contribution in [0, 0.1) is 20.8 Å². The monoisotopic (exact) mass is 355 g/mol. The highest BCUT2D eigenvalue weighted by Gasteiger charge is 2.07. The molecule has 4 aromatic rings. The summed E-state index contributed by atoms with van der Waals surface area (Å²) in [6.45, 7) is 6.12. The van der Waals surface area contributed by atoms with Gasteiger partial charge < -0.3 is 10.6 Å². The minimum Gasteiger partial charge on any atom is -0.338 e. The number of anilines is 4. The first-order valence-corrected chi connectivity index (χ1v) is 8.89. The molecule has 0 unspecified atom stereocenters. The maximum atomic E-state index is 4.63. The van der Waals surface area contributed by atoms with E-state index >= 15 is 0 Å². The van der Waals surface area contributed by atoms with E-state index < -0.39 is 0 Å². The fourth-order valence-electron chi connectivity index (χ4n) is 3.11. The molecule has 0 aliphatic rings. The fourth-order valence-corrected chi connectivity index (χ4v) is 3.11. The number of fused-ring (bicyclic) bond motifs is 1. The maximum Gasteiger partial charge on any atom is 0.229 e. The molecular formula is C22H21N5. The van der Waals surface area contributed by atoms with Crippen LogP contribution in [0.4, 0.5) is 23.1 Å². The zero-order chi connectivity index (χ0) is 18.8. The van der Waals surface area contributed by atoms with Crippen LogP contribution in [0.1, 0.15) is 16.8 Å². The van der Waals surface area contributed by atoms with Crippen LogP contribution in [0.25, 0.3) is 10.9 Å². The lowest BCUT2D eigenvalue weighted by atomic mass is 10.1. The van der Waals surface area contributed by atoms with E-state index in [0.29, 0.717) is 5.95 Å².